The molecule has 118 valence electrons. The molecule has 3 aromatic rings. The van der Waals surface area contributed by atoms with Crippen molar-refractivity contribution in [3.63, 3.8) is 0 Å². The third kappa shape index (κ3) is 3.57. The Labute approximate surface area is 144 Å². The molecule has 23 heavy (non-hydrogen) atoms. The molecular weight excluding hydrogens is 328 g/mol. The molecule has 0 bridgehead atoms. The predicted molar refractivity (Wildman–Crippen MR) is 94.7 cm³/mol. The van der Waals surface area contributed by atoms with Crippen LogP contribution in [0.15, 0.2) is 47.6 Å². The van der Waals surface area contributed by atoms with Crippen LogP contribution in [0.4, 0.5) is 0 Å². The van der Waals surface area contributed by atoms with Gasteiger partial charge in [-0.05, 0) is 31.5 Å². The lowest BCUT2D eigenvalue weighted by molar-refractivity contribution is 0.687. The molecule has 0 aliphatic rings. The minimum atomic E-state index is 0.514. The van der Waals surface area contributed by atoms with Gasteiger partial charge in [-0.1, -0.05) is 53.7 Å². The Morgan fingerprint density at radius 2 is 1.91 bits per heavy atom. The molecule has 0 N–H and O–H groups in total. The lowest BCUT2D eigenvalue weighted by Gasteiger charge is -2.09. The van der Waals surface area contributed by atoms with Gasteiger partial charge in [-0.2, -0.15) is 0 Å². The molecule has 0 aliphatic heterocycles. The Hall–Kier alpha value is -1.85. The van der Waals surface area contributed by atoms with Crippen LogP contribution in [-0.4, -0.2) is 19.7 Å². The van der Waals surface area contributed by atoms with E-state index >= 15 is 0 Å². The monoisotopic (exact) mass is 344 g/mol. The number of hydrogen-bond acceptors (Lipinski definition) is 4. The molecule has 0 unspecified atom stereocenters. The fourth-order valence-electron chi connectivity index (χ4n) is 2.37. The van der Waals surface area contributed by atoms with Gasteiger partial charge in [-0.15, -0.1) is 10.2 Å². The average Bonchev–Trinajstić information content (AvgIpc) is 2.96. The zero-order chi connectivity index (χ0) is 16.2. The summed E-state index contributed by atoms with van der Waals surface area (Å²) < 4.78 is 2.14. The zero-order valence-electron chi connectivity index (χ0n) is 13.0. The first-order valence-electron chi connectivity index (χ1n) is 7.42. The van der Waals surface area contributed by atoms with Crippen LogP contribution in [0.3, 0.4) is 0 Å². The molecule has 6 heteroatoms. The van der Waals surface area contributed by atoms with Gasteiger partial charge in [-0.25, -0.2) is 4.98 Å². The highest BCUT2D eigenvalue weighted by molar-refractivity contribution is 7.98. The molecule has 4 nitrogen and oxygen atoms in total. The molecule has 0 radical (unpaired) electrons. The van der Waals surface area contributed by atoms with Crippen molar-refractivity contribution >= 4 is 23.4 Å². The van der Waals surface area contributed by atoms with E-state index in [4.69, 9.17) is 11.6 Å². The first-order valence-corrected chi connectivity index (χ1v) is 8.79. The van der Waals surface area contributed by atoms with Crippen molar-refractivity contribution in [3.05, 3.63) is 58.9 Å². The summed E-state index contributed by atoms with van der Waals surface area (Å²) in [5, 5.41) is 10.2. The molecule has 0 amide bonds. The van der Waals surface area contributed by atoms with Crippen LogP contribution >= 0.6 is 23.4 Å². The van der Waals surface area contributed by atoms with Gasteiger partial charge in [0.1, 0.15) is 5.15 Å². The summed E-state index contributed by atoms with van der Waals surface area (Å²) in [6, 6.07) is 13.9. The van der Waals surface area contributed by atoms with Crippen LogP contribution in [0, 0.1) is 6.92 Å². The minimum absolute atomic E-state index is 0.514. The van der Waals surface area contributed by atoms with E-state index in [-0.39, 0.29) is 0 Å². The van der Waals surface area contributed by atoms with Crippen LogP contribution in [0.1, 0.15) is 18.2 Å². The molecule has 0 saturated heterocycles. The number of hydrogen-bond donors (Lipinski definition) is 0. The van der Waals surface area contributed by atoms with Crippen molar-refractivity contribution in [2.45, 2.75) is 31.3 Å². The lowest BCUT2D eigenvalue weighted by Crippen LogP contribution is -2.01. The second-order valence-corrected chi connectivity index (χ2v) is 6.44. The summed E-state index contributed by atoms with van der Waals surface area (Å²) in [5.74, 6) is 1.62. The third-order valence-electron chi connectivity index (χ3n) is 3.54. The molecule has 0 fully saturated rings. The fraction of sp³-hybridized carbons (Fsp3) is 0.235. The molecule has 0 atom stereocenters. The number of pyridine rings is 1. The molecule has 1 aromatic carbocycles. The van der Waals surface area contributed by atoms with E-state index in [0.717, 1.165) is 28.8 Å². The molecule has 2 aromatic heterocycles. The van der Waals surface area contributed by atoms with Crippen molar-refractivity contribution in [3.8, 4) is 11.4 Å². The van der Waals surface area contributed by atoms with Gasteiger partial charge in [0, 0.05) is 17.9 Å². The van der Waals surface area contributed by atoms with Crippen molar-refractivity contribution in [1.82, 2.24) is 19.7 Å². The van der Waals surface area contributed by atoms with E-state index < -0.39 is 0 Å². The van der Waals surface area contributed by atoms with Gasteiger partial charge in [0.05, 0.1) is 5.69 Å². The van der Waals surface area contributed by atoms with Crippen molar-refractivity contribution in [1.29, 1.82) is 0 Å². The maximum atomic E-state index is 5.93. The quantitative estimate of drug-likeness (QED) is 0.500. The van der Waals surface area contributed by atoms with Gasteiger partial charge in [0.15, 0.2) is 11.0 Å². The van der Waals surface area contributed by atoms with Gasteiger partial charge in [0.2, 0.25) is 0 Å². The van der Waals surface area contributed by atoms with Crippen molar-refractivity contribution < 1.29 is 0 Å². The highest BCUT2D eigenvalue weighted by Crippen LogP contribution is 2.27. The zero-order valence-corrected chi connectivity index (χ0v) is 14.6. The van der Waals surface area contributed by atoms with Crippen LogP contribution in [0.25, 0.3) is 11.4 Å². The summed E-state index contributed by atoms with van der Waals surface area (Å²) in [7, 11) is 0. The summed E-state index contributed by atoms with van der Waals surface area (Å²) in [5.41, 5.74) is 3.25. The molecular formula is C17H17ClN4S. The van der Waals surface area contributed by atoms with Crippen LogP contribution < -0.4 is 0 Å². The predicted octanol–water partition coefficient (Wildman–Crippen LogP) is 4.61. The number of thioether (sulfide) groups is 1. The largest absolute Gasteiger partial charge is 0.302 e. The second kappa shape index (κ2) is 7.15. The van der Waals surface area contributed by atoms with Crippen molar-refractivity contribution in [2.75, 3.05) is 0 Å². The van der Waals surface area contributed by atoms with Gasteiger partial charge in [-0.3, -0.25) is 0 Å². The maximum absolute atomic E-state index is 5.93. The molecule has 2 heterocycles. The normalized spacial score (nSPS) is 10.9. The Morgan fingerprint density at radius 3 is 2.65 bits per heavy atom. The van der Waals surface area contributed by atoms with Crippen LogP contribution in [-0.2, 0) is 12.3 Å². The van der Waals surface area contributed by atoms with E-state index in [1.54, 1.807) is 17.8 Å². The second-order valence-electron chi connectivity index (χ2n) is 5.11. The molecule has 3 rings (SSSR count). The van der Waals surface area contributed by atoms with Gasteiger partial charge >= 0.3 is 0 Å². The SMILES string of the molecule is CCn1c(SCc2cccc(Cl)n2)nnc1-c1ccccc1C. The number of aromatic nitrogens is 4. The number of rotatable bonds is 5. The number of nitrogens with zero attached hydrogens (tertiary/aromatic N) is 4. The molecule has 0 saturated carbocycles. The smallest absolute Gasteiger partial charge is 0.191 e. The molecule has 0 spiro atoms. The molecule has 0 aliphatic carbocycles. The van der Waals surface area contributed by atoms with E-state index in [2.05, 4.69) is 45.7 Å². The van der Waals surface area contributed by atoms with Crippen LogP contribution in [0.2, 0.25) is 5.15 Å². The van der Waals surface area contributed by atoms with E-state index in [1.165, 1.54) is 5.56 Å². The number of halogens is 1. The Bertz CT molecular complexity index is 816. The Morgan fingerprint density at radius 1 is 1.09 bits per heavy atom. The summed E-state index contributed by atoms with van der Waals surface area (Å²) in [6.45, 7) is 5.02. The standard InChI is InChI=1S/C17H17ClN4S/c1-3-22-16(14-9-5-4-7-12(14)2)20-21-17(22)23-11-13-8-6-10-15(18)19-13/h4-10H,3,11H2,1-2H3. The van der Waals surface area contributed by atoms with E-state index in [0.29, 0.717) is 10.9 Å². The maximum Gasteiger partial charge on any atom is 0.191 e. The third-order valence-corrected chi connectivity index (χ3v) is 4.75. The first-order chi connectivity index (χ1) is 11.2. The van der Waals surface area contributed by atoms with Gasteiger partial charge < -0.3 is 4.57 Å². The van der Waals surface area contributed by atoms with Crippen molar-refractivity contribution in [2.24, 2.45) is 0 Å². The highest BCUT2D eigenvalue weighted by Gasteiger charge is 2.14. The van der Waals surface area contributed by atoms with Gasteiger partial charge in [0.25, 0.3) is 0 Å². The average molecular weight is 345 g/mol. The summed E-state index contributed by atoms with van der Waals surface area (Å²) >= 11 is 7.56. The van der Waals surface area contributed by atoms with E-state index in [1.807, 2.05) is 24.3 Å². The Balaban J connectivity index is 1.85. The fourth-order valence-corrected chi connectivity index (χ4v) is 3.46. The van der Waals surface area contributed by atoms with E-state index in [9.17, 15) is 0 Å². The summed E-state index contributed by atoms with van der Waals surface area (Å²) in [6.07, 6.45) is 0. The lowest BCUT2D eigenvalue weighted by atomic mass is 10.1. The van der Waals surface area contributed by atoms with Crippen LogP contribution in [0.5, 0.6) is 0 Å². The Kier molecular flexibility index (Phi) is 4.98. The highest BCUT2D eigenvalue weighted by atomic mass is 35.5. The number of benzene rings is 1. The topological polar surface area (TPSA) is 43.6 Å². The number of aryl methyl sites for hydroxylation is 1. The summed E-state index contributed by atoms with van der Waals surface area (Å²) in [4.78, 5) is 4.31. The minimum Gasteiger partial charge on any atom is -0.302 e. The first kappa shape index (κ1) is 16.0.